The third-order valence-electron chi connectivity index (χ3n) is 5.42. The first-order chi connectivity index (χ1) is 16.7. The van der Waals surface area contributed by atoms with Crippen LogP contribution in [-0.2, 0) is 13.2 Å². The van der Waals surface area contributed by atoms with Crippen molar-refractivity contribution < 1.29 is 4.74 Å². The highest BCUT2D eigenvalue weighted by atomic mass is 32.1. The van der Waals surface area contributed by atoms with E-state index in [1.807, 2.05) is 91.0 Å². The van der Waals surface area contributed by atoms with Crippen LogP contribution in [0.1, 0.15) is 11.1 Å². The third-order valence-corrected chi connectivity index (χ3v) is 5.63. The lowest BCUT2D eigenvalue weighted by molar-refractivity contribution is 0.306. The molecule has 0 saturated carbocycles. The molecule has 2 N–H and O–H groups in total. The van der Waals surface area contributed by atoms with Gasteiger partial charge < -0.3 is 19.9 Å². The van der Waals surface area contributed by atoms with Crippen LogP contribution in [0.5, 0.6) is 5.75 Å². The molecular weight excluding hydrogens is 440 g/mol. The quantitative estimate of drug-likeness (QED) is 0.270. The Bertz CT molecular complexity index is 1380. The van der Waals surface area contributed by atoms with Crippen LogP contribution < -0.4 is 15.4 Å². The summed E-state index contributed by atoms with van der Waals surface area (Å²) < 4.78 is 8.00. The van der Waals surface area contributed by atoms with Crippen LogP contribution in [0.25, 0.3) is 11.0 Å². The van der Waals surface area contributed by atoms with Gasteiger partial charge in [-0.2, -0.15) is 0 Å². The predicted molar refractivity (Wildman–Crippen MR) is 142 cm³/mol. The Kier molecular flexibility index (Phi) is 6.49. The standard InChI is InChI=1S/C28H24N4OS/c34-28(29-23-15-17-24(18-16-23)33-20-22-11-5-2-6-12-22)31-27-30-25-13-7-8-14-26(25)32(27)19-21-9-3-1-4-10-21/h1-18H,19-20H2,(H2,29,30,31,34). The molecule has 0 aliphatic rings. The number of hydrogen-bond acceptors (Lipinski definition) is 3. The van der Waals surface area contributed by atoms with Crippen LogP contribution >= 0.6 is 12.2 Å². The molecule has 0 aliphatic heterocycles. The van der Waals surface area contributed by atoms with E-state index in [2.05, 4.69) is 33.4 Å². The molecule has 1 heterocycles. The number of nitrogens with zero attached hydrogens (tertiary/aromatic N) is 2. The molecule has 6 heteroatoms. The summed E-state index contributed by atoms with van der Waals surface area (Å²) in [6, 6.07) is 36.3. The van der Waals surface area contributed by atoms with Gasteiger partial charge in [-0.15, -0.1) is 0 Å². The summed E-state index contributed by atoms with van der Waals surface area (Å²) in [7, 11) is 0. The number of para-hydroxylation sites is 2. The lowest BCUT2D eigenvalue weighted by Crippen LogP contribution is -2.21. The number of aromatic nitrogens is 2. The van der Waals surface area contributed by atoms with E-state index in [1.54, 1.807) is 0 Å². The fourth-order valence-electron chi connectivity index (χ4n) is 3.74. The first-order valence-electron chi connectivity index (χ1n) is 11.1. The zero-order chi connectivity index (χ0) is 23.2. The Balaban J connectivity index is 1.26. The van der Waals surface area contributed by atoms with Crippen LogP contribution in [0.4, 0.5) is 11.6 Å². The number of rotatable bonds is 7. The minimum Gasteiger partial charge on any atom is -0.489 e. The minimum absolute atomic E-state index is 0.475. The Morgan fingerprint density at radius 3 is 2.12 bits per heavy atom. The maximum atomic E-state index is 5.86. The number of anilines is 2. The molecular formula is C28H24N4OS. The van der Waals surface area contributed by atoms with Gasteiger partial charge in [-0.05, 0) is 59.7 Å². The molecule has 4 aromatic carbocycles. The van der Waals surface area contributed by atoms with Gasteiger partial charge in [0.05, 0.1) is 17.6 Å². The van der Waals surface area contributed by atoms with Gasteiger partial charge in [0.1, 0.15) is 12.4 Å². The van der Waals surface area contributed by atoms with Crippen LogP contribution in [0.3, 0.4) is 0 Å². The van der Waals surface area contributed by atoms with Gasteiger partial charge in [0.2, 0.25) is 5.95 Å². The number of thiocarbonyl (C=S) groups is 1. The molecule has 0 fully saturated rings. The van der Waals surface area contributed by atoms with Gasteiger partial charge in [0.25, 0.3) is 0 Å². The fourth-order valence-corrected chi connectivity index (χ4v) is 3.95. The Labute approximate surface area is 204 Å². The van der Waals surface area contributed by atoms with Crippen molar-refractivity contribution in [3.8, 4) is 5.75 Å². The first-order valence-corrected chi connectivity index (χ1v) is 11.5. The van der Waals surface area contributed by atoms with Crippen molar-refractivity contribution in [3.63, 3.8) is 0 Å². The average molecular weight is 465 g/mol. The lowest BCUT2D eigenvalue weighted by atomic mass is 10.2. The number of imidazole rings is 1. The topological polar surface area (TPSA) is 51.1 Å². The second-order valence-electron chi connectivity index (χ2n) is 7.87. The summed E-state index contributed by atoms with van der Waals surface area (Å²) >= 11 is 5.59. The van der Waals surface area contributed by atoms with Crippen molar-refractivity contribution in [1.29, 1.82) is 0 Å². The van der Waals surface area contributed by atoms with E-state index >= 15 is 0 Å². The van der Waals surface area contributed by atoms with Crippen molar-refractivity contribution in [2.24, 2.45) is 0 Å². The van der Waals surface area contributed by atoms with Crippen molar-refractivity contribution >= 4 is 40.0 Å². The number of benzene rings is 4. The molecule has 0 spiro atoms. The molecule has 5 aromatic rings. The number of hydrogen-bond donors (Lipinski definition) is 2. The third kappa shape index (κ3) is 5.24. The molecule has 5 nitrogen and oxygen atoms in total. The van der Waals surface area contributed by atoms with E-state index in [1.165, 1.54) is 5.56 Å². The van der Waals surface area contributed by atoms with Gasteiger partial charge in [-0.3, -0.25) is 0 Å². The molecule has 0 saturated heterocycles. The summed E-state index contributed by atoms with van der Waals surface area (Å²) in [6.45, 7) is 1.23. The van der Waals surface area contributed by atoms with Gasteiger partial charge in [0, 0.05) is 5.69 Å². The van der Waals surface area contributed by atoms with Crippen molar-refractivity contribution in [3.05, 3.63) is 120 Å². The molecule has 0 aliphatic carbocycles. The molecule has 0 unspecified atom stereocenters. The zero-order valence-electron chi connectivity index (χ0n) is 18.5. The largest absolute Gasteiger partial charge is 0.489 e. The van der Waals surface area contributed by atoms with E-state index in [9.17, 15) is 0 Å². The van der Waals surface area contributed by atoms with Crippen LogP contribution in [0, 0.1) is 0 Å². The average Bonchev–Trinajstić information content (AvgIpc) is 3.21. The van der Waals surface area contributed by atoms with E-state index < -0.39 is 0 Å². The Morgan fingerprint density at radius 2 is 1.38 bits per heavy atom. The van der Waals surface area contributed by atoms with Gasteiger partial charge >= 0.3 is 0 Å². The molecule has 0 radical (unpaired) electrons. The van der Waals surface area contributed by atoms with E-state index in [0.717, 1.165) is 28.0 Å². The van der Waals surface area contributed by atoms with Crippen molar-refractivity contribution in [2.75, 3.05) is 10.6 Å². The monoisotopic (exact) mass is 464 g/mol. The van der Waals surface area contributed by atoms with Crippen molar-refractivity contribution in [2.45, 2.75) is 13.2 Å². The Hall–Kier alpha value is -4.16. The van der Waals surface area contributed by atoms with E-state index in [0.29, 0.717) is 24.2 Å². The predicted octanol–water partition coefficient (Wildman–Crippen LogP) is 6.47. The molecule has 34 heavy (non-hydrogen) atoms. The highest BCUT2D eigenvalue weighted by Gasteiger charge is 2.12. The fraction of sp³-hybridized carbons (Fsp3) is 0.0714. The van der Waals surface area contributed by atoms with Crippen LogP contribution in [0.15, 0.2) is 109 Å². The second-order valence-corrected chi connectivity index (χ2v) is 8.28. The second kappa shape index (κ2) is 10.2. The molecule has 5 rings (SSSR count). The zero-order valence-corrected chi connectivity index (χ0v) is 19.3. The highest BCUT2D eigenvalue weighted by molar-refractivity contribution is 7.80. The first kappa shape index (κ1) is 21.7. The van der Waals surface area contributed by atoms with E-state index in [4.69, 9.17) is 21.9 Å². The van der Waals surface area contributed by atoms with Gasteiger partial charge in [-0.1, -0.05) is 72.8 Å². The summed E-state index contributed by atoms with van der Waals surface area (Å²) in [5, 5.41) is 6.98. The molecule has 0 bridgehead atoms. The summed E-state index contributed by atoms with van der Waals surface area (Å²) in [6.07, 6.45) is 0. The van der Waals surface area contributed by atoms with E-state index in [-0.39, 0.29) is 0 Å². The Morgan fingerprint density at radius 1 is 0.735 bits per heavy atom. The minimum atomic E-state index is 0.475. The molecule has 168 valence electrons. The summed E-state index contributed by atoms with van der Waals surface area (Å²) in [4.78, 5) is 4.76. The number of fused-ring (bicyclic) bond motifs is 1. The lowest BCUT2D eigenvalue weighted by Gasteiger charge is -2.13. The summed E-state index contributed by atoms with van der Waals surface area (Å²) in [5.41, 5.74) is 5.17. The molecule has 0 atom stereocenters. The van der Waals surface area contributed by atoms with Crippen molar-refractivity contribution in [1.82, 2.24) is 9.55 Å². The highest BCUT2D eigenvalue weighted by Crippen LogP contribution is 2.22. The van der Waals surface area contributed by atoms with Gasteiger partial charge in [-0.25, -0.2) is 4.98 Å². The van der Waals surface area contributed by atoms with Crippen LogP contribution in [-0.4, -0.2) is 14.7 Å². The van der Waals surface area contributed by atoms with Crippen LogP contribution in [0.2, 0.25) is 0 Å². The maximum absolute atomic E-state index is 5.86. The molecule has 1 aromatic heterocycles. The summed E-state index contributed by atoms with van der Waals surface area (Å²) in [5.74, 6) is 1.50. The maximum Gasteiger partial charge on any atom is 0.210 e. The van der Waals surface area contributed by atoms with Gasteiger partial charge in [0.15, 0.2) is 5.11 Å². The molecule has 0 amide bonds. The smallest absolute Gasteiger partial charge is 0.210 e. The normalized spacial score (nSPS) is 10.7. The SMILES string of the molecule is S=C(Nc1ccc(OCc2ccccc2)cc1)Nc1nc2ccccc2n1Cc1ccccc1. The number of nitrogens with one attached hydrogen (secondary N) is 2. The number of ether oxygens (including phenoxy) is 1.